The van der Waals surface area contributed by atoms with Crippen LogP contribution in [0.1, 0.15) is 22.3 Å². The zero-order valence-electron chi connectivity index (χ0n) is 8.97. The Hall–Kier alpha value is -2.11. The van der Waals surface area contributed by atoms with Crippen LogP contribution in [0.15, 0.2) is 24.7 Å². The molecule has 2 aromatic heterocycles. The van der Waals surface area contributed by atoms with Crippen molar-refractivity contribution < 1.29 is 13.6 Å². The molecule has 0 atom stereocenters. The average molecular weight is 237 g/mol. The maximum atomic E-state index is 12.8. The van der Waals surface area contributed by atoms with Gasteiger partial charge in [-0.15, -0.1) is 0 Å². The monoisotopic (exact) mass is 237 g/mol. The van der Waals surface area contributed by atoms with Crippen molar-refractivity contribution in [2.45, 2.75) is 6.43 Å². The Morgan fingerprint density at radius 1 is 1.41 bits per heavy atom. The Balaban J connectivity index is 2.55. The van der Waals surface area contributed by atoms with Crippen molar-refractivity contribution in [2.75, 3.05) is 0 Å². The number of aromatic nitrogens is 3. The fourth-order valence-corrected chi connectivity index (χ4v) is 1.54. The molecule has 88 valence electrons. The van der Waals surface area contributed by atoms with Gasteiger partial charge >= 0.3 is 0 Å². The van der Waals surface area contributed by atoms with Crippen molar-refractivity contribution >= 4 is 6.29 Å². The summed E-state index contributed by atoms with van der Waals surface area (Å²) >= 11 is 0. The van der Waals surface area contributed by atoms with Crippen molar-refractivity contribution in [2.24, 2.45) is 7.05 Å². The fourth-order valence-electron chi connectivity index (χ4n) is 1.54. The van der Waals surface area contributed by atoms with Crippen LogP contribution in [0.5, 0.6) is 0 Å². The number of aldehydes is 1. The number of pyridine rings is 1. The zero-order valence-corrected chi connectivity index (χ0v) is 8.97. The molecule has 0 spiro atoms. The summed E-state index contributed by atoms with van der Waals surface area (Å²) in [5.41, 5.74) is 0.718. The number of rotatable bonds is 3. The van der Waals surface area contributed by atoms with E-state index in [2.05, 4.69) is 10.1 Å². The van der Waals surface area contributed by atoms with E-state index in [1.807, 2.05) is 0 Å². The molecule has 6 heteroatoms. The normalized spacial score (nSPS) is 10.8. The lowest BCUT2D eigenvalue weighted by Crippen LogP contribution is -1.91. The summed E-state index contributed by atoms with van der Waals surface area (Å²) in [6.45, 7) is 0. The lowest BCUT2D eigenvalue weighted by atomic mass is 10.1. The first-order valence-corrected chi connectivity index (χ1v) is 4.84. The quantitative estimate of drug-likeness (QED) is 0.769. The molecule has 0 N–H and O–H groups in total. The summed E-state index contributed by atoms with van der Waals surface area (Å²) in [6.07, 6.45) is 2.02. The van der Waals surface area contributed by atoms with Crippen LogP contribution in [0.3, 0.4) is 0 Å². The van der Waals surface area contributed by atoms with E-state index in [9.17, 15) is 13.6 Å². The smallest absolute Gasteiger partial charge is 0.267 e. The van der Waals surface area contributed by atoms with Crippen LogP contribution < -0.4 is 0 Å². The lowest BCUT2D eigenvalue weighted by Gasteiger charge is -2.01. The molecular formula is C11H9F2N3O. The van der Waals surface area contributed by atoms with Crippen LogP contribution in [0.25, 0.3) is 11.3 Å². The van der Waals surface area contributed by atoms with Gasteiger partial charge in [0.05, 0.1) is 5.56 Å². The van der Waals surface area contributed by atoms with E-state index in [1.54, 1.807) is 7.05 Å². The third-order valence-electron chi connectivity index (χ3n) is 2.26. The van der Waals surface area contributed by atoms with Crippen molar-refractivity contribution in [3.05, 3.63) is 35.8 Å². The number of alkyl halides is 2. The van der Waals surface area contributed by atoms with Gasteiger partial charge < -0.3 is 0 Å². The Morgan fingerprint density at radius 2 is 2.18 bits per heavy atom. The molecule has 0 amide bonds. The first-order valence-electron chi connectivity index (χ1n) is 4.84. The highest BCUT2D eigenvalue weighted by Gasteiger charge is 2.18. The highest BCUT2D eigenvalue weighted by Crippen LogP contribution is 2.29. The molecule has 0 aliphatic rings. The van der Waals surface area contributed by atoms with Crippen molar-refractivity contribution in [3.63, 3.8) is 0 Å². The highest BCUT2D eigenvalue weighted by atomic mass is 19.3. The van der Waals surface area contributed by atoms with Gasteiger partial charge in [0.15, 0.2) is 6.29 Å². The minimum Gasteiger partial charge on any atom is -0.298 e. The Kier molecular flexibility index (Phi) is 2.95. The van der Waals surface area contributed by atoms with E-state index >= 15 is 0 Å². The second kappa shape index (κ2) is 4.40. The highest BCUT2D eigenvalue weighted by molar-refractivity contribution is 5.77. The Bertz CT molecular complexity index is 551. The van der Waals surface area contributed by atoms with E-state index in [4.69, 9.17) is 0 Å². The first kappa shape index (κ1) is 11.4. The third kappa shape index (κ3) is 2.20. The van der Waals surface area contributed by atoms with Gasteiger partial charge in [-0.2, -0.15) is 5.10 Å². The number of nitrogens with zero attached hydrogens (tertiary/aromatic N) is 3. The zero-order chi connectivity index (χ0) is 12.4. The maximum absolute atomic E-state index is 12.8. The summed E-state index contributed by atoms with van der Waals surface area (Å²) in [4.78, 5) is 14.4. The number of aryl methyl sites for hydroxylation is 1. The molecule has 2 aromatic rings. The van der Waals surface area contributed by atoms with Crippen molar-refractivity contribution in [1.29, 1.82) is 0 Å². The number of halogens is 2. The Labute approximate surface area is 95.9 Å². The van der Waals surface area contributed by atoms with Gasteiger partial charge in [0.1, 0.15) is 5.69 Å². The standard InChI is InChI=1S/C11H9F2N3O/c1-16-5-9(11(12)13)10(15-16)8-2-7(6-17)3-14-4-8/h2-6,11H,1H3. The number of carbonyl (C=O) groups excluding carboxylic acids is 1. The molecule has 2 rings (SSSR count). The number of hydrogen-bond acceptors (Lipinski definition) is 3. The maximum Gasteiger partial charge on any atom is 0.267 e. The number of carbonyl (C=O) groups is 1. The number of hydrogen-bond donors (Lipinski definition) is 0. The summed E-state index contributed by atoms with van der Waals surface area (Å²) < 4.78 is 26.8. The molecule has 0 saturated carbocycles. The predicted octanol–water partition coefficient (Wildman–Crippen LogP) is 2.23. The summed E-state index contributed by atoms with van der Waals surface area (Å²) in [7, 11) is 1.56. The minimum atomic E-state index is -2.61. The van der Waals surface area contributed by atoms with Gasteiger partial charge in [0.2, 0.25) is 0 Å². The third-order valence-corrected chi connectivity index (χ3v) is 2.26. The van der Waals surface area contributed by atoms with Gasteiger partial charge in [-0.05, 0) is 6.07 Å². The van der Waals surface area contributed by atoms with Crippen LogP contribution in [0, 0.1) is 0 Å². The molecule has 0 aliphatic carbocycles. The molecule has 0 radical (unpaired) electrons. The summed E-state index contributed by atoms with van der Waals surface area (Å²) in [6, 6.07) is 1.48. The topological polar surface area (TPSA) is 47.8 Å². The molecule has 0 aliphatic heterocycles. The van der Waals surface area contributed by atoms with Crippen molar-refractivity contribution in [1.82, 2.24) is 14.8 Å². The predicted molar refractivity (Wildman–Crippen MR) is 56.8 cm³/mol. The van der Waals surface area contributed by atoms with Gasteiger partial charge in [0.25, 0.3) is 6.43 Å². The summed E-state index contributed by atoms with van der Waals surface area (Å²) in [5, 5.41) is 3.96. The molecule has 0 saturated heterocycles. The van der Waals surface area contributed by atoms with E-state index in [-0.39, 0.29) is 11.3 Å². The molecule has 0 aromatic carbocycles. The molecule has 0 fully saturated rings. The SMILES string of the molecule is Cn1cc(C(F)F)c(-c2cncc(C=O)c2)n1. The Morgan fingerprint density at radius 3 is 2.82 bits per heavy atom. The van der Waals surface area contributed by atoms with Gasteiger partial charge in [-0.25, -0.2) is 8.78 Å². The van der Waals surface area contributed by atoms with Crippen LogP contribution in [0.2, 0.25) is 0 Å². The second-order valence-corrected chi connectivity index (χ2v) is 3.53. The summed E-state index contributed by atoms with van der Waals surface area (Å²) in [5.74, 6) is 0. The van der Waals surface area contributed by atoms with E-state index in [0.29, 0.717) is 17.4 Å². The molecule has 0 bridgehead atoms. The van der Waals surface area contributed by atoms with Crippen LogP contribution >= 0.6 is 0 Å². The molecule has 2 heterocycles. The fraction of sp³-hybridized carbons (Fsp3) is 0.182. The van der Waals surface area contributed by atoms with E-state index < -0.39 is 6.43 Å². The average Bonchev–Trinajstić information content (AvgIpc) is 2.72. The van der Waals surface area contributed by atoms with E-state index in [1.165, 1.54) is 29.3 Å². The van der Waals surface area contributed by atoms with E-state index in [0.717, 1.165) is 0 Å². The lowest BCUT2D eigenvalue weighted by molar-refractivity contribution is 0.112. The second-order valence-electron chi connectivity index (χ2n) is 3.53. The van der Waals surface area contributed by atoms with Gasteiger partial charge in [0, 0.05) is 36.8 Å². The molecule has 4 nitrogen and oxygen atoms in total. The van der Waals surface area contributed by atoms with Crippen LogP contribution in [-0.4, -0.2) is 21.1 Å². The van der Waals surface area contributed by atoms with Crippen LogP contribution in [0.4, 0.5) is 8.78 Å². The van der Waals surface area contributed by atoms with Gasteiger partial charge in [-0.1, -0.05) is 0 Å². The van der Waals surface area contributed by atoms with Crippen LogP contribution in [-0.2, 0) is 7.05 Å². The largest absolute Gasteiger partial charge is 0.298 e. The van der Waals surface area contributed by atoms with Gasteiger partial charge in [-0.3, -0.25) is 14.5 Å². The van der Waals surface area contributed by atoms with Crippen molar-refractivity contribution in [3.8, 4) is 11.3 Å². The first-order chi connectivity index (χ1) is 8.11. The minimum absolute atomic E-state index is 0.152. The molecule has 17 heavy (non-hydrogen) atoms. The molecule has 0 unspecified atom stereocenters. The molecular weight excluding hydrogens is 228 g/mol.